The maximum Gasteiger partial charge on any atom is 0.281 e. The van der Waals surface area contributed by atoms with Gasteiger partial charge in [-0.25, -0.2) is 19.7 Å². The molecule has 0 saturated carbocycles. The summed E-state index contributed by atoms with van der Waals surface area (Å²) in [6.07, 6.45) is 3.99. The number of anilines is 2. The standard InChI is InChI=1S/C26H33N7O4S.2H2/c1-16(2)15-37-22-13-28-12-20(29-22)19-10-9-18(24(30-19)33-14-17(3)11-26(33,4)5)25(34)32-38(35,36)23-8-6-7-21(27)31-23;;/h6-10,12-13,16-17H,11,14-15H2,1-5H3,(H2,27,31)(H,32,34);2*1H/t17-;;/m0../s1. The predicted octanol–water partition coefficient (Wildman–Crippen LogP) is 3.79. The quantitative estimate of drug-likeness (QED) is 0.429. The Hall–Kier alpha value is -3.80. The Morgan fingerprint density at radius 1 is 1.18 bits per heavy atom. The van der Waals surface area contributed by atoms with Gasteiger partial charge in [-0.15, -0.1) is 0 Å². The predicted molar refractivity (Wildman–Crippen MR) is 148 cm³/mol. The number of pyridine rings is 2. The molecular weight excluding hydrogens is 506 g/mol. The number of sulfonamides is 1. The molecule has 1 saturated heterocycles. The average Bonchev–Trinajstić information content (AvgIpc) is 3.13. The van der Waals surface area contributed by atoms with Crippen molar-refractivity contribution in [3.05, 3.63) is 48.3 Å². The van der Waals surface area contributed by atoms with Gasteiger partial charge in [0.2, 0.25) is 5.88 Å². The van der Waals surface area contributed by atoms with E-state index in [4.69, 9.17) is 15.5 Å². The Balaban J connectivity index is 0.00000280. The number of hydrogen-bond donors (Lipinski definition) is 2. The van der Waals surface area contributed by atoms with Crippen molar-refractivity contribution >= 4 is 27.6 Å². The first-order valence-electron chi connectivity index (χ1n) is 12.4. The summed E-state index contributed by atoms with van der Waals surface area (Å²) < 4.78 is 33.6. The topological polar surface area (TPSA) is 153 Å². The molecule has 4 rings (SSSR count). The van der Waals surface area contributed by atoms with E-state index in [0.29, 0.717) is 48.1 Å². The van der Waals surface area contributed by atoms with Gasteiger partial charge in [-0.1, -0.05) is 26.8 Å². The zero-order chi connectivity index (χ0) is 27.7. The highest BCUT2D eigenvalue weighted by Gasteiger charge is 2.39. The Kier molecular flexibility index (Phi) is 7.54. The summed E-state index contributed by atoms with van der Waals surface area (Å²) in [6, 6.07) is 7.36. The van der Waals surface area contributed by atoms with E-state index in [2.05, 4.69) is 40.4 Å². The normalized spacial score (nSPS) is 17.0. The van der Waals surface area contributed by atoms with Crippen molar-refractivity contribution in [2.75, 3.05) is 23.8 Å². The highest BCUT2D eigenvalue weighted by Crippen LogP contribution is 2.38. The van der Waals surface area contributed by atoms with Crippen LogP contribution in [-0.4, -0.2) is 53.0 Å². The summed E-state index contributed by atoms with van der Waals surface area (Å²) in [4.78, 5) is 32.8. The minimum absolute atomic E-state index is 0. The van der Waals surface area contributed by atoms with Crippen molar-refractivity contribution in [1.29, 1.82) is 0 Å². The van der Waals surface area contributed by atoms with Crippen molar-refractivity contribution in [2.24, 2.45) is 11.8 Å². The smallest absolute Gasteiger partial charge is 0.281 e. The van der Waals surface area contributed by atoms with Crippen LogP contribution in [0.5, 0.6) is 5.88 Å². The van der Waals surface area contributed by atoms with Crippen molar-refractivity contribution in [3.8, 4) is 17.3 Å². The van der Waals surface area contributed by atoms with E-state index in [1.165, 1.54) is 24.4 Å². The summed E-state index contributed by atoms with van der Waals surface area (Å²) in [5.41, 5.74) is 6.39. The summed E-state index contributed by atoms with van der Waals surface area (Å²) in [6.45, 7) is 11.5. The Bertz CT molecular complexity index is 1450. The van der Waals surface area contributed by atoms with Crippen LogP contribution in [0, 0.1) is 11.8 Å². The van der Waals surface area contributed by atoms with Gasteiger partial charge in [0, 0.05) is 14.9 Å². The van der Waals surface area contributed by atoms with Gasteiger partial charge in [0.05, 0.1) is 30.3 Å². The van der Waals surface area contributed by atoms with Crippen LogP contribution in [0.3, 0.4) is 0 Å². The monoisotopic (exact) mass is 543 g/mol. The summed E-state index contributed by atoms with van der Waals surface area (Å²) in [5, 5.41) is -0.347. The highest BCUT2D eigenvalue weighted by atomic mass is 32.2. The molecule has 0 aliphatic carbocycles. The van der Waals surface area contributed by atoms with Crippen LogP contribution in [0.25, 0.3) is 11.4 Å². The molecule has 1 atom stereocenters. The van der Waals surface area contributed by atoms with Crippen molar-refractivity contribution < 1.29 is 20.8 Å². The van der Waals surface area contributed by atoms with Crippen LogP contribution >= 0.6 is 0 Å². The third-order valence-electron chi connectivity index (χ3n) is 6.14. The summed E-state index contributed by atoms with van der Waals surface area (Å²) >= 11 is 0. The molecule has 206 valence electrons. The minimum atomic E-state index is -4.27. The lowest BCUT2D eigenvalue weighted by atomic mass is 9.97. The third kappa shape index (κ3) is 6.01. The fraction of sp³-hybridized carbons (Fsp3) is 0.423. The van der Waals surface area contributed by atoms with Crippen LogP contribution < -0.4 is 20.1 Å². The second kappa shape index (κ2) is 10.5. The van der Waals surface area contributed by atoms with Crippen LogP contribution in [-0.2, 0) is 10.0 Å². The molecule has 3 aromatic rings. The first kappa shape index (κ1) is 27.2. The number of ether oxygens (including phenoxy) is 1. The van der Waals surface area contributed by atoms with Crippen molar-refractivity contribution in [2.45, 2.75) is 51.6 Å². The fourth-order valence-corrected chi connectivity index (χ4v) is 5.48. The average molecular weight is 544 g/mol. The molecule has 1 amide bonds. The number of nitrogens with two attached hydrogens (primary N) is 1. The van der Waals surface area contributed by atoms with Gasteiger partial charge in [-0.05, 0) is 56.4 Å². The van der Waals surface area contributed by atoms with Crippen LogP contribution in [0.2, 0.25) is 0 Å². The molecule has 0 unspecified atom stereocenters. The third-order valence-corrected chi connectivity index (χ3v) is 7.37. The molecule has 0 spiro atoms. The Morgan fingerprint density at radius 2 is 1.95 bits per heavy atom. The maximum absolute atomic E-state index is 13.4. The minimum Gasteiger partial charge on any atom is -0.476 e. The first-order chi connectivity index (χ1) is 17.9. The molecule has 38 heavy (non-hydrogen) atoms. The number of hydrogen-bond acceptors (Lipinski definition) is 10. The molecule has 1 fully saturated rings. The van der Waals surface area contributed by atoms with E-state index in [0.717, 1.165) is 6.42 Å². The van der Waals surface area contributed by atoms with E-state index in [1.807, 2.05) is 18.7 Å². The molecule has 11 nitrogen and oxygen atoms in total. The molecule has 0 radical (unpaired) electrons. The lowest BCUT2D eigenvalue weighted by molar-refractivity contribution is 0.0981. The summed E-state index contributed by atoms with van der Waals surface area (Å²) in [5.74, 6) is 0.609. The number of carbonyl (C=O) groups excluding carboxylic acids is 1. The van der Waals surface area contributed by atoms with E-state index >= 15 is 0 Å². The van der Waals surface area contributed by atoms with Gasteiger partial charge in [-0.3, -0.25) is 9.78 Å². The van der Waals surface area contributed by atoms with Gasteiger partial charge < -0.3 is 15.4 Å². The van der Waals surface area contributed by atoms with Crippen molar-refractivity contribution in [1.82, 2.24) is 24.7 Å². The van der Waals surface area contributed by atoms with E-state index in [1.54, 1.807) is 18.3 Å². The molecule has 12 heteroatoms. The molecule has 1 aliphatic rings. The second-order valence-electron chi connectivity index (χ2n) is 10.6. The molecule has 0 bridgehead atoms. The van der Waals surface area contributed by atoms with Crippen LogP contribution in [0.1, 0.15) is 54.3 Å². The van der Waals surface area contributed by atoms with Crippen LogP contribution in [0.4, 0.5) is 11.6 Å². The van der Waals surface area contributed by atoms with E-state index in [9.17, 15) is 13.2 Å². The number of nitrogens with zero attached hydrogens (tertiary/aromatic N) is 5. The molecule has 1 aliphatic heterocycles. The zero-order valence-electron chi connectivity index (χ0n) is 22.2. The summed E-state index contributed by atoms with van der Waals surface area (Å²) in [7, 11) is -4.27. The number of aromatic nitrogens is 4. The number of amides is 1. The number of nitrogen functional groups attached to an aromatic ring is 1. The SMILES string of the molecule is CC(C)COc1cncc(-c2ccc(C(=O)NS(=O)(=O)c3cccc(N)n3)c(N3C[C@@H](C)CC3(C)C)n2)n1.[HH].[HH]. The van der Waals surface area contributed by atoms with E-state index < -0.39 is 15.9 Å². The molecule has 3 N–H and O–H groups in total. The zero-order valence-corrected chi connectivity index (χ0v) is 23.0. The lowest BCUT2D eigenvalue weighted by Crippen LogP contribution is -2.41. The largest absolute Gasteiger partial charge is 0.476 e. The highest BCUT2D eigenvalue weighted by molar-refractivity contribution is 7.90. The molecule has 0 aromatic carbocycles. The Morgan fingerprint density at radius 3 is 2.61 bits per heavy atom. The fourth-order valence-electron chi connectivity index (χ4n) is 4.54. The number of nitrogens with one attached hydrogen (secondary N) is 1. The Labute approximate surface area is 225 Å². The lowest BCUT2D eigenvalue weighted by Gasteiger charge is -2.34. The van der Waals surface area contributed by atoms with Gasteiger partial charge >= 0.3 is 0 Å². The second-order valence-corrected chi connectivity index (χ2v) is 12.2. The number of carbonyl (C=O) groups is 1. The molecular formula is C26H37N7O4S. The van der Waals surface area contributed by atoms with Gasteiger partial charge in [-0.2, -0.15) is 8.42 Å². The molecule has 3 aromatic heterocycles. The van der Waals surface area contributed by atoms with E-state index in [-0.39, 0.29) is 24.8 Å². The number of rotatable bonds is 8. The molecule has 4 heterocycles. The van der Waals surface area contributed by atoms with Crippen LogP contribution in [0.15, 0.2) is 47.8 Å². The van der Waals surface area contributed by atoms with Gasteiger partial charge in [0.25, 0.3) is 15.9 Å². The first-order valence-corrected chi connectivity index (χ1v) is 13.9. The maximum atomic E-state index is 13.4. The van der Waals surface area contributed by atoms with Gasteiger partial charge in [0.15, 0.2) is 5.03 Å². The van der Waals surface area contributed by atoms with Gasteiger partial charge in [0.1, 0.15) is 17.3 Å². The van der Waals surface area contributed by atoms with Crippen molar-refractivity contribution in [3.63, 3.8) is 0 Å².